The van der Waals surface area contributed by atoms with Crippen LogP contribution < -0.4 is 16.0 Å². The first-order chi connectivity index (χ1) is 18.0. The van der Waals surface area contributed by atoms with Gasteiger partial charge in [0.1, 0.15) is 11.4 Å². The summed E-state index contributed by atoms with van der Waals surface area (Å²) < 4.78 is 60.1. The number of ether oxygens (including phenoxy) is 1. The Bertz CT molecular complexity index is 1350. The standard InChI is InChI=1S/C25H22ClF4N5O3/c1-14-2-3-15(10-31-14)22(36)35-24(6-7-38-13-24)23(37)33-12-21-19(27)9-17(11-32-21)34-20-5-4-16(26)8-18(20)25(28,29)30/h2-5,8-11,34H,6-7,12-13H2,1H3,(H,33,37)(H,35,36)/t24-/m0/s1. The van der Waals surface area contributed by atoms with Gasteiger partial charge < -0.3 is 20.7 Å². The molecule has 13 heteroatoms. The maximum atomic E-state index is 14.7. The molecule has 38 heavy (non-hydrogen) atoms. The lowest BCUT2D eigenvalue weighted by atomic mass is 9.96. The lowest BCUT2D eigenvalue weighted by Gasteiger charge is -2.27. The van der Waals surface area contributed by atoms with Gasteiger partial charge in [0, 0.05) is 36.0 Å². The maximum absolute atomic E-state index is 14.7. The lowest BCUT2D eigenvalue weighted by Crippen LogP contribution is -2.59. The largest absolute Gasteiger partial charge is 0.418 e. The highest BCUT2D eigenvalue weighted by Gasteiger charge is 2.44. The van der Waals surface area contributed by atoms with E-state index in [2.05, 4.69) is 25.9 Å². The fourth-order valence-electron chi connectivity index (χ4n) is 3.80. The van der Waals surface area contributed by atoms with Crippen molar-refractivity contribution < 1.29 is 31.9 Å². The molecule has 1 fully saturated rings. The number of carbonyl (C=O) groups excluding carboxylic acids is 2. The highest BCUT2D eigenvalue weighted by atomic mass is 35.5. The molecule has 0 bridgehead atoms. The first-order valence-electron chi connectivity index (χ1n) is 11.4. The lowest BCUT2D eigenvalue weighted by molar-refractivity contribution is -0.137. The second-order valence-electron chi connectivity index (χ2n) is 8.67. The number of rotatable bonds is 7. The van der Waals surface area contributed by atoms with E-state index in [4.69, 9.17) is 16.3 Å². The Morgan fingerprint density at radius 1 is 1.13 bits per heavy atom. The van der Waals surface area contributed by atoms with Gasteiger partial charge in [0.05, 0.1) is 47.5 Å². The molecule has 3 aromatic rings. The second-order valence-corrected chi connectivity index (χ2v) is 9.11. The van der Waals surface area contributed by atoms with Crippen LogP contribution in [0.1, 0.15) is 33.7 Å². The average Bonchev–Trinajstić information content (AvgIpc) is 3.34. The third-order valence-electron chi connectivity index (χ3n) is 5.88. The average molecular weight is 552 g/mol. The molecular formula is C25H22ClF4N5O3. The number of halogens is 5. The van der Waals surface area contributed by atoms with Crippen molar-refractivity contribution in [3.8, 4) is 0 Å². The normalized spacial score (nSPS) is 17.2. The van der Waals surface area contributed by atoms with E-state index in [1.165, 1.54) is 12.3 Å². The molecule has 8 nitrogen and oxygen atoms in total. The number of hydrogen-bond acceptors (Lipinski definition) is 6. The van der Waals surface area contributed by atoms with Crippen LogP contribution in [-0.4, -0.2) is 40.5 Å². The van der Waals surface area contributed by atoms with Crippen LogP contribution in [0.5, 0.6) is 0 Å². The Morgan fingerprint density at radius 2 is 1.92 bits per heavy atom. The summed E-state index contributed by atoms with van der Waals surface area (Å²) in [6, 6.07) is 7.36. The minimum absolute atomic E-state index is 0.0370. The third-order valence-corrected chi connectivity index (χ3v) is 6.12. The fraction of sp³-hybridized carbons (Fsp3) is 0.280. The van der Waals surface area contributed by atoms with Gasteiger partial charge >= 0.3 is 6.18 Å². The number of aryl methyl sites for hydroxylation is 1. The Labute approximate surface area is 219 Å². The van der Waals surface area contributed by atoms with Gasteiger partial charge in [-0.05, 0) is 37.3 Å². The van der Waals surface area contributed by atoms with Gasteiger partial charge in [-0.2, -0.15) is 13.2 Å². The monoisotopic (exact) mass is 551 g/mol. The van der Waals surface area contributed by atoms with Crippen molar-refractivity contribution in [2.45, 2.75) is 31.6 Å². The Hall–Kier alpha value is -3.77. The molecule has 0 aliphatic carbocycles. The number of alkyl halides is 3. The molecule has 0 spiro atoms. The van der Waals surface area contributed by atoms with E-state index in [9.17, 15) is 27.2 Å². The van der Waals surface area contributed by atoms with E-state index in [1.807, 2.05) is 0 Å². The summed E-state index contributed by atoms with van der Waals surface area (Å²) >= 11 is 5.69. The molecule has 200 valence electrons. The molecule has 1 aliphatic heterocycles. The topological polar surface area (TPSA) is 105 Å². The van der Waals surface area contributed by atoms with Crippen molar-refractivity contribution in [3.63, 3.8) is 0 Å². The van der Waals surface area contributed by atoms with Crippen LogP contribution in [0.3, 0.4) is 0 Å². The number of amides is 2. The van der Waals surface area contributed by atoms with Crippen LogP contribution >= 0.6 is 11.6 Å². The number of hydrogen-bond donors (Lipinski definition) is 3. The molecule has 2 aromatic heterocycles. The van der Waals surface area contributed by atoms with Crippen molar-refractivity contribution in [1.29, 1.82) is 0 Å². The molecule has 0 saturated carbocycles. The molecule has 3 N–H and O–H groups in total. The fourth-order valence-corrected chi connectivity index (χ4v) is 3.98. The Kier molecular flexibility index (Phi) is 7.83. The summed E-state index contributed by atoms with van der Waals surface area (Å²) in [6.07, 6.45) is -1.96. The van der Waals surface area contributed by atoms with Crippen molar-refractivity contribution >= 4 is 34.8 Å². The van der Waals surface area contributed by atoms with E-state index >= 15 is 0 Å². The number of benzene rings is 1. The first-order valence-corrected chi connectivity index (χ1v) is 11.7. The van der Waals surface area contributed by atoms with Crippen LogP contribution in [0.25, 0.3) is 0 Å². The van der Waals surface area contributed by atoms with Gasteiger partial charge in [0.2, 0.25) is 5.91 Å². The van der Waals surface area contributed by atoms with Gasteiger partial charge in [-0.15, -0.1) is 0 Å². The van der Waals surface area contributed by atoms with Crippen LogP contribution in [0, 0.1) is 12.7 Å². The molecule has 1 aromatic carbocycles. The van der Waals surface area contributed by atoms with Gasteiger partial charge in [-0.1, -0.05) is 11.6 Å². The summed E-state index contributed by atoms with van der Waals surface area (Å²) in [4.78, 5) is 33.7. The van der Waals surface area contributed by atoms with Gasteiger partial charge in [0.25, 0.3) is 5.91 Å². The van der Waals surface area contributed by atoms with Gasteiger partial charge in [0.15, 0.2) is 0 Å². The number of pyridine rings is 2. The minimum atomic E-state index is -4.69. The highest BCUT2D eigenvalue weighted by Crippen LogP contribution is 2.37. The molecule has 0 unspecified atom stereocenters. The van der Waals surface area contributed by atoms with E-state index in [0.29, 0.717) is 0 Å². The van der Waals surface area contributed by atoms with E-state index in [-0.39, 0.29) is 53.8 Å². The van der Waals surface area contributed by atoms with Crippen LogP contribution in [0.15, 0.2) is 48.8 Å². The predicted octanol–water partition coefficient (Wildman–Crippen LogP) is 4.55. The van der Waals surface area contributed by atoms with Crippen molar-refractivity contribution in [2.24, 2.45) is 0 Å². The molecule has 1 saturated heterocycles. The zero-order valence-corrected chi connectivity index (χ0v) is 20.7. The van der Waals surface area contributed by atoms with Crippen LogP contribution in [0.2, 0.25) is 5.02 Å². The molecule has 1 atom stereocenters. The Balaban J connectivity index is 1.44. The zero-order chi connectivity index (χ0) is 27.5. The third kappa shape index (κ3) is 6.20. The van der Waals surface area contributed by atoms with Crippen molar-refractivity contribution in [3.05, 3.63) is 82.1 Å². The molecule has 2 amide bonds. The molecule has 0 radical (unpaired) electrons. The van der Waals surface area contributed by atoms with E-state index in [0.717, 1.165) is 30.1 Å². The minimum Gasteiger partial charge on any atom is -0.378 e. The molecule has 3 heterocycles. The van der Waals surface area contributed by atoms with E-state index in [1.54, 1.807) is 19.1 Å². The maximum Gasteiger partial charge on any atom is 0.418 e. The van der Waals surface area contributed by atoms with Gasteiger partial charge in [-0.25, -0.2) is 4.39 Å². The summed E-state index contributed by atoms with van der Waals surface area (Å²) in [5, 5.41) is 7.64. The summed E-state index contributed by atoms with van der Waals surface area (Å²) in [7, 11) is 0. The SMILES string of the molecule is Cc1ccc(C(=O)N[C@@]2(C(=O)NCc3ncc(Nc4ccc(Cl)cc4C(F)(F)F)cc3F)CCOC2)cn1. The quantitative estimate of drug-likeness (QED) is 0.372. The zero-order valence-electron chi connectivity index (χ0n) is 20.0. The summed E-state index contributed by atoms with van der Waals surface area (Å²) in [5.74, 6) is -1.97. The molecular weight excluding hydrogens is 530 g/mol. The number of nitrogens with zero attached hydrogens (tertiary/aromatic N) is 2. The highest BCUT2D eigenvalue weighted by molar-refractivity contribution is 6.30. The Morgan fingerprint density at radius 3 is 2.55 bits per heavy atom. The molecule has 1 aliphatic rings. The number of aromatic nitrogens is 2. The number of nitrogens with one attached hydrogen (secondary N) is 3. The van der Waals surface area contributed by atoms with Crippen LogP contribution in [-0.2, 0) is 22.3 Å². The first kappa shape index (κ1) is 27.3. The molecule has 4 rings (SSSR count). The predicted molar refractivity (Wildman–Crippen MR) is 130 cm³/mol. The number of carbonyl (C=O) groups is 2. The van der Waals surface area contributed by atoms with Crippen LogP contribution in [0.4, 0.5) is 28.9 Å². The van der Waals surface area contributed by atoms with Crippen molar-refractivity contribution in [1.82, 2.24) is 20.6 Å². The smallest absolute Gasteiger partial charge is 0.378 e. The summed E-state index contributed by atoms with van der Waals surface area (Å²) in [6.45, 7) is 1.60. The summed E-state index contributed by atoms with van der Waals surface area (Å²) in [5.41, 5.74) is -1.92. The van der Waals surface area contributed by atoms with E-state index < -0.39 is 34.9 Å². The second kappa shape index (κ2) is 10.9. The van der Waals surface area contributed by atoms with Crippen molar-refractivity contribution in [2.75, 3.05) is 18.5 Å². The van der Waals surface area contributed by atoms with Gasteiger partial charge in [-0.3, -0.25) is 19.6 Å². The number of anilines is 2.